The number of phenols is 3. The van der Waals surface area contributed by atoms with Crippen LogP contribution in [0.3, 0.4) is 0 Å². The van der Waals surface area contributed by atoms with Gasteiger partial charge in [-0.3, -0.25) is 15.0 Å². The van der Waals surface area contributed by atoms with Crippen molar-refractivity contribution in [2.75, 3.05) is 0 Å². The van der Waals surface area contributed by atoms with Crippen molar-refractivity contribution >= 4 is 36.1 Å². The predicted molar refractivity (Wildman–Crippen MR) is 69.7 cm³/mol. The minimum Gasteiger partial charge on any atom is -0.506 e. The van der Waals surface area contributed by atoms with E-state index in [1.165, 1.54) is 0 Å². The van der Waals surface area contributed by atoms with Crippen molar-refractivity contribution in [3.05, 3.63) is 16.7 Å². The first-order chi connectivity index (χ1) is 8.93. The number of hydrogen-bond acceptors (Lipinski definition) is 7. The number of aromatic hydroxyl groups is 3. The molecule has 9 heteroatoms. The molecular weight excluding hydrogens is 274 g/mol. The van der Waals surface area contributed by atoms with Gasteiger partial charge in [-0.1, -0.05) is 0 Å². The third-order valence-corrected chi connectivity index (χ3v) is 2.23. The zero-order valence-corrected chi connectivity index (χ0v) is 10.1. The third kappa shape index (κ3) is 2.77. The monoisotopic (exact) mass is 283 g/mol. The highest BCUT2D eigenvalue weighted by Crippen LogP contribution is 2.39. The van der Waals surface area contributed by atoms with Gasteiger partial charge in [-0.2, -0.15) is 5.10 Å². The fraction of sp³-hybridized carbons (Fsp3) is 0. The first kappa shape index (κ1) is 14.4. The van der Waals surface area contributed by atoms with E-state index in [1.54, 1.807) is 0 Å². The number of aldehydes is 2. The second kappa shape index (κ2) is 5.78. The van der Waals surface area contributed by atoms with Gasteiger partial charge in [-0.25, -0.2) is 0 Å². The highest BCUT2D eigenvalue weighted by atomic mass is 32.1. The Morgan fingerprint density at radius 1 is 1.05 bits per heavy atom. The van der Waals surface area contributed by atoms with Crippen molar-refractivity contribution in [3.63, 3.8) is 0 Å². The number of nitrogens with zero attached hydrogens (tertiary/aromatic N) is 1. The van der Waals surface area contributed by atoms with Crippen LogP contribution >= 0.6 is 12.2 Å². The summed E-state index contributed by atoms with van der Waals surface area (Å²) < 4.78 is 0. The maximum atomic E-state index is 10.7. The number of nitrogens with one attached hydrogen (secondary N) is 1. The van der Waals surface area contributed by atoms with Crippen LogP contribution in [0.2, 0.25) is 0 Å². The van der Waals surface area contributed by atoms with Crippen molar-refractivity contribution in [2.45, 2.75) is 0 Å². The summed E-state index contributed by atoms with van der Waals surface area (Å²) in [7, 11) is 0. The van der Waals surface area contributed by atoms with Gasteiger partial charge >= 0.3 is 0 Å². The summed E-state index contributed by atoms with van der Waals surface area (Å²) in [5.41, 5.74) is 5.82. The van der Waals surface area contributed by atoms with Gasteiger partial charge in [0.25, 0.3) is 0 Å². The van der Waals surface area contributed by atoms with E-state index in [0.717, 1.165) is 6.21 Å². The lowest BCUT2D eigenvalue weighted by Gasteiger charge is -2.10. The van der Waals surface area contributed by atoms with Crippen LogP contribution < -0.4 is 11.2 Å². The van der Waals surface area contributed by atoms with Crippen molar-refractivity contribution < 1.29 is 24.9 Å². The largest absolute Gasteiger partial charge is 0.506 e. The molecule has 0 aliphatic rings. The molecular formula is C10H9N3O5S. The van der Waals surface area contributed by atoms with Crippen LogP contribution in [-0.4, -0.2) is 39.2 Å². The molecule has 0 fully saturated rings. The lowest BCUT2D eigenvalue weighted by atomic mass is 10.0. The molecule has 0 unspecified atom stereocenters. The number of thiocarbonyl (C=S) groups is 1. The Labute approximate surface area is 112 Å². The Morgan fingerprint density at radius 3 is 1.84 bits per heavy atom. The maximum Gasteiger partial charge on any atom is 0.184 e. The van der Waals surface area contributed by atoms with Crippen LogP contribution in [-0.2, 0) is 0 Å². The number of carbonyl (C=O) groups excluding carboxylic acids is 2. The standard InChI is InChI=1S/C10H9N3O5S/c11-10(19)13-12-1-4-7(16)5(2-14)9(18)6(3-15)8(4)17/h1-3,16-18H,(H3,11,13,19). The molecule has 100 valence electrons. The summed E-state index contributed by atoms with van der Waals surface area (Å²) in [6.45, 7) is 0. The van der Waals surface area contributed by atoms with Crippen LogP contribution in [0.5, 0.6) is 17.2 Å². The predicted octanol–water partition coefficient (Wildman–Crippen LogP) is -0.404. The number of rotatable bonds is 4. The summed E-state index contributed by atoms with van der Waals surface area (Å²) in [6.07, 6.45) is 1.16. The fourth-order valence-corrected chi connectivity index (χ4v) is 1.33. The average Bonchev–Trinajstić information content (AvgIpc) is 2.34. The Bertz CT molecular complexity index is 550. The van der Waals surface area contributed by atoms with E-state index in [0.29, 0.717) is 0 Å². The lowest BCUT2D eigenvalue weighted by molar-refractivity contribution is 0.111. The fourth-order valence-electron chi connectivity index (χ4n) is 1.28. The number of nitrogens with two attached hydrogens (primary N) is 1. The molecule has 0 bridgehead atoms. The molecule has 1 aromatic carbocycles. The number of carbonyl (C=O) groups is 2. The molecule has 0 aromatic heterocycles. The topological polar surface area (TPSA) is 145 Å². The minimum atomic E-state index is -0.820. The molecule has 0 heterocycles. The van der Waals surface area contributed by atoms with Gasteiger partial charge in [0, 0.05) is 0 Å². The maximum absolute atomic E-state index is 10.7. The summed E-state index contributed by atoms with van der Waals surface area (Å²) in [5.74, 6) is -2.28. The van der Waals surface area contributed by atoms with Gasteiger partial charge in [0.2, 0.25) is 0 Å². The molecule has 0 aliphatic carbocycles. The van der Waals surface area contributed by atoms with E-state index in [2.05, 4.69) is 22.7 Å². The van der Waals surface area contributed by atoms with E-state index in [9.17, 15) is 24.9 Å². The second-order valence-electron chi connectivity index (χ2n) is 3.26. The molecule has 19 heavy (non-hydrogen) atoms. The molecule has 0 saturated heterocycles. The Hall–Kier alpha value is -2.68. The van der Waals surface area contributed by atoms with Gasteiger partial charge in [-0.15, -0.1) is 0 Å². The van der Waals surface area contributed by atoms with E-state index >= 15 is 0 Å². The van der Waals surface area contributed by atoms with Crippen LogP contribution in [0.4, 0.5) is 0 Å². The smallest absolute Gasteiger partial charge is 0.184 e. The van der Waals surface area contributed by atoms with Gasteiger partial charge in [0.05, 0.1) is 22.9 Å². The van der Waals surface area contributed by atoms with Gasteiger partial charge in [0.1, 0.15) is 17.2 Å². The number of phenolic OH excluding ortho intramolecular Hbond substituents is 3. The first-order valence-electron chi connectivity index (χ1n) is 4.73. The van der Waals surface area contributed by atoms with E-state index in [-0.39, 0.29) is 23.2 Å². The average molecular weight is 283 g/mol. The van der Waals surface area contributed by atoms with Crippen LogP contribution in [0.1, 0.15) is 26.3 Å². The Balaban J connectivity index is 3.46. The minimum absolute atomic E-state index is 0.134. The molecule has 0 atom stereocenters. The highest BCUT2D eigenvalue weighted by molar-refractivity contribution is 7.80. The normalized spacial score (nSPS) is 10.3. The molecule has 0 saturated carbocycles. The van der Waals surface area contributed by atoms with Crippen LogP contribution in [0, 0.1) is 0 Å². The molecule has 1 rings (SSSR count). The SMILES string of the molecule is NC(=S)NN=Cc1c(O)c(C=O)c(O)c(C=O)c1O. The number of hydrogen-bond donors (Lipinski definition) is 5. The molecule has 6 N–H and O–H groups in total. The van der Waals surface area contributed by atoms with E-state index < -0.39 is 28.4 Å². The lowest BCUT2D eigenvalue weighted by Crippen LogP contribution is -2.24. The van der Waals surface area contributed by atoms with Crippen molar-refractivity contribution in [1.29, 1.82) is 0 Å². The first-order valence-corrected chi connectivity index (χ1v) is 5.14. The number of hydrazone groups is 1. The van der Waals surface area contributed by atoms with Crippen molar-refractivity contribution in [1.82, 2.24) is 5.43 Å². The summed E-state index contributed by atoms with van der Waals surface area (Å²) in [6, 6.07) is 0. The van der Waals surface area contributed by atoms with Crippen LogP contribution in [0.15, 0.2) is 5.10 Å². The summed E-state index contributed by atoms with van der Waals surface area (Å²) in [5, 5.41) is 32.2. The van der Waals surface area contributed by atoms with E-state index in [1.807, 2.05) is 0 Å². The molecule has 1 aromatic rings. The van der Waals surface area contributed by atoms with Crippen molar-refractivity contribution in [3.8, 4) is 17.2 Å². The molecule has 0 amide bonds. The molecule has 0 spiro atoms. The molecule has 0 radical (unpaired) electrons. The zero-order chi connectivity index (χ0) is 14.6. The number of benzene rings is 1. The molecule has 0 aliphatic heterocycles. The summed E-state index contributed by atoms with van der Waals surface area (Å²) in [4.78, 5) is 21.5. The van der Waals surface area contributed by atoms with E-state index in [4.69, 9.17) is 5.73 Å². The van der Waals surface area contributed by atoms with Gasteiger partial charge in [-0.05, 0) is 12.2 Å². The van der Waals surface area contributed by atoms with Crippen molar-refractivity contribution in [2.24, 2.45) is 10.8 Å². The second-order valence-corrected chi connectivity index (χ2v) is 3.70. The Kier molecular flexibility index (Phi) is 4.37. The quantitative estimate of drug-likeness (QED) is 0.217. The summed E-state index contributed by atoms with van der Waals surface area (Å²) >= 11 is 4.47. The third-order valence-electron chi connectivity index (χ3n) is 2.13. The van der Waals surface area contributed by atoms with Crippen LogP contribution in [0.25, 0.3) is 0 Å². The highest BCUT2D eigenvalue weighted by Gasteiger charge is 2.21. The molecule has 8 nitrogen and oxygen atoms in total. The van der Waals surface area contributed by atoms with Gasteiger partial charge < -0.3 is 21.1 Å². The Morgan fingerprint density at radius 2 is 1.47 bits per heavy atom. The zero-order valence-electron chi connectivity index (χ0n) is 9.32. The van der Waals surface area contributed by atoms with Gasteiger partial charge in [0.15, 0.2) is 17.7 Å².